The Morgan fingerprint density at radius 2 is 2.17 bits per heavy atom. The third kappa shape index (κ3) is 7.65. The Morgan fingerprint density at radius 1 is 1.35 bits per heavy atom. The Balaban J connectivity index is 2.57. The second-order valence-electron chi connectivity index (χ2n) is 4.83. The van der Waals surface area contributed by atoms with Crippen molar-refractivity contribution in [3.8, 4) is 11.5 Å². The maximum absolute atomic E-state index is 5.75. The van der Waals surface area contributed by atoms with Gasteiger partial charge in [-0.05, 0) is 42.4 Å². The monoisotopic (exact) mass is 335 g/mol. The predicted octanol–water partition coefficient (Wildman–Crippen LogP) is 3.25. The Kier molecular flexibility index (Phi) is 9.47. The van der Waals surface area contributed by atoms with Gasteiger partial charge < -0.3 is 14.8 Å². The van der Waals surface area contributed by atoms with Crippen LogP contribution in [-0.2, 0) is 0 Å². The first-order valence-electron chi connectivity index (χ1n) is 7.69. The molecule has 0 heterocycles. The first-order chi connectivity index (χ1) is 11.2. The predicted molar refractivity (Wildman–Crippen MR) is 99.5 cm³/mol. The van der Waals surface area contributed by atoms with Gasteiger partial charge in [0.05, 0.1) is 19.9 Å². The Bertz CT molecular complexity index is 533. The van der Waals surface area contributed by atoms with Crippen molar-refractivity contribution < 1.29 is 9.47 Å². The summed E-state index contributed by atoms with van der Waals surface area (Å²) in [5.74, 6) is 1.44. The van der Waals surface area contributed by atoms with Crippen molar-refractivity contribution in [2.45, 2.75) is 26.2 Å². The zero-order valence-electron chi connectivity index (χ0n) is 13.8. The molecule has 0 aliphatic heterocycles. The number of methoxy groups -OCH3 is 1. The molecule has 23 heavy (non-hydrogen) atoms. The summed E-state index contributed by atoms with van der Waals surface area (Å²) in [6, 6.07) is 5.68. The van der Waals surface area contributed by atoms with Crippen LogP contribution in [0.2, 0.25) is 0 Å². The maximum atomic E-state index is 5.75. The quantitative estimate of drug-likeness (QED) is 0.226. The number of nitrogens with one attached hydrogen (secondary N) is 2. The van der Waals surface area contributed by atoms with Gasteiger partial charge in [0.1, 0.15) is 0 Å². The summed E-state index contributed by atoms with van der Waals surface area (Å²) in [5.41, 5.74) is 3.63. The standard InChI is InChI=1S/C17H25N3O2S/c1-4-6-7-11-22-15-9-8-14(12-16(15)21-3)13-19-20-17(23)18-10-5-2/h5,8-9,12-13H,2,4,6-7,10-11H2,1,3H3,(H2,18,20,23)/b19-13-. The Hall–Kier alpha value is -2.08. The van der Waals surface area contributed by atoms with Crippen LogP contribution in [0.5, 0.6) is 11.5 Å². The van der Waals surface area contributed by atoms with Gasteiger partial charge in [-0.3, -0.25) is 5.43 Å². The molecule has 1 rings (SSSR count). The molecule has 0 aliphatic carbocycles. The van der Waals surface area contributed by atoms with Crippen molar-refractivity contribution in [3.05, 3.63) is 36.4 Å². The smallest absolute Gasteiger partial charge is 0.187 e. The third-order valence-corrected chi connectivity index (χ3v) is 3.22. The number of ether oxygens (including phenoxy) is 2. The lowest BCUT2D eigenvalue weighted by Crippen LogP contribution is -2.31. The summed E-state index contributed by atoms with van der Waals surface area (Å²) in [4.78, 5) is 0. The lowest BCUT2D eigenvalue weighted by molar-refractivity contribution is 0.286. The van der Waals surface area contributed by atoms with Crippen LogP contribution in [0.15, 0.2) is 36.0 Å². The number of nitrogens with zero attached hydrogens (tertiary/aromatic N) is 1. The number of hydrogen-bond donors (Lipinski definition) is 2. The molecule has 0 atom stereocenters. The summed E-state index contributed by atoms with van der Waals surface area (Å²) < 4.78 is 11.1. The van der Waals surface area contributed by atoms with Crippen LogP contribution in [0, 0.1) is 0 Å². The van der Waals surface area contributed by atoms with Gasteiger partial charge in [-0.15, -0.1) is 6.58 Å². The zero-order chi connectivity index (χ0) is 16.9. The number of hydrogen-bond acceptors (Lipinski definition) is 4. The third-order valence-electron chi connectivity index (χ3n) is 2.98. The molecule has 0 aliphatic rings. The minimum Gasteiger partial charge on any atom is -0.493 e. The fourth-order valence-electron chi connectivity index (χ4n) is 1.79. The highest BCUT2D eigenvalue weighted by molar-refractivity contribution is 7.80. The number of benzene rings is 1. The molecular formula is C17H25N3O2S. The van der Waals surface area contributed by atoms with Crippen LogP contribution in [-0.4, -0.2) is 31.6 Å². The van der Waals surface area contributed by atoms with Crippen molar-refractivity contribution in [1.82, 2.24) is 10.7 Å². The van der Waals surface area contributed by atoms with E-state index in [0.29, 0.717) is 24.0 Å². The van der Waals surface area contributed by atoms with E-state index in [1.165, 1.54) is 12.8 Å². The van der Waals surface area contributed by atoms with Gasteiger partial charge in [-0.25, -0.2) is 0 Å². The average Bonchev–Trinajstić information content (AvgIpc) is 2.57. The lowest BCUT2D eigenvalue weighted by atomic mass is 10.2. The van der Waals surface area contributed by atoms with E-state index in [0.717, 1.165) is 17.7 Å². The molecule has 0 amide bonds. The SMILES string of the molecule is C=CCNC(=S)N/N=C\c1ccc(OCCCCC)c(OC)c1. The van der Waals surface area contributed by atoms with Crippen LogP contribution in [0.1, 0.15) is 31.7 Å². The van der Waals surface area contributed by atoms with Crippen LogP contribution >= 0.6 is 12.2 Å². The first kappa shape index (κ1) is 19.0. The van der Waals surface area contributed by atoms with Crippen LogP contribution in [0.3, 0.4) is 0 Å². The molecule has 0 spiro atoms. The second kappa shape index (κ2) is 11.5. The van der Waals surface area contributed by atoms with E-state index in [-0.39, 0.29) is 0 Å². The Morgan fingerprint density at radius 3 is 2.87 bits per heavy atom. The van der Waals surface area contributed by atoms with Crippen molar-refractivity contribution in [3.63, 3.8) is 0 Å². The molecule has 0 aromatic heterocycles. The van der Waals surface area contributed by atoms with Crippen molar-refractivity contribution in [1.29, 1.82) is 0 Å². The van der Waals surface area contributed by atoms with E-state index in [1.807, 2.05) is 18.2 Å². The summed E-state index contributed by atoms with van der Waals surface area (Å²) in [6.07, 6.45) is 6.78. The van der Waals surface area contributed by atoms with Crippen LogP contribution < -0.4 is 20.2 Å². The molecule has 5 nitrogen and oxygen atoms in total. The highest BCUT2D eigenvalue weighted by Crippen LogP contribution is 2.27. The number of rotatable bonds is 10. The molecule has 1 aromatic rings. The van der Waals surface area contributed by atoms with E-state index < -0.39 is 0 Å². The van der Waals surface area contributed by atoms with Gasteiger partial charge in [0.15, 0.2) is 16.6 Å². The minimum atomic E-state index is 0.448. The van der Waals surface area contributed by atoms with E-state index in [1.54, 1.807) is 19.4 Å². The van der Waals surface area contributed by atoms with E-state index in [2.05, 4.69) is 29.3 Å². The lowest BCUT2D eigenvalue weighted by Gasteiger charge is -2.11. The normalized spacial score (nSPS) is 10.3. The molecule has 0 radical (unpaired) electrons. The minimum absolute atomic E-state index is 0.448. The molecule has 2 N–H and O–H groups in total. The zero-order valence-corrected chi connectivity index (χ0v) is 14.6. The number of hydrazone groups is 1. The maximum Gasteiger partial charge on any atom is 0.187 e. The Labute approximate surface area is 143 Å². The number of thiocarbonyl (C=S) groups is 1. The number of unbranched alkanes of at least 4 members (excludes halogenated alkanes) is 2. The van der Waals surface area contributed by atoms with Gasteiger partial charge in [0.2, 0.25) is 0 Å². The fraction of sp³-hybridized carbons (Fsp3) is 0.412. The molecule has 0 saturated heterocycles. The fourth-order valence-corrected chi connectivity index (χ4v) is 1.92. The van der Waals surface area contributed by atoms with Gasteiger partial charge in [0.25, 0.3) is 0 Å². The van der Waals surface area contributed by atoms with Crippen molar-refractivity contribution in [2.75, 3.05) is 20.3 Å². The molecule has 126 valence electrons. The molecule has 0 unspecified atom stereocenters. The van der Waals surface area contributed by atoms with Gasteiger partial charge in [0, 0.05) is 6.54 Å². The molecule has 0 saturated carbocycles. The van der Waals surface area contributed by atoms with E-state index in [9.17, 15) is 0 Å². The largest absolute Gasteiger partial charge is 0.493 e. The first-order valence-corrected chi connectivity index (χ1v) is 8.10. The molecule has 0 fully saturated rings. The molecule has 6 heteroatoms. The molecule has 0 bridgehead atoms. The van der Waals surface area contributed by atoms with Crippen molar-refractivity contribution >= 4 is 23.5 Å². The summed E-state index contributed by atoms with van der Waals surface area (Å²) in [5, 5.41) is 7.45. The summed E-state index contributed by atoms with van der Waals surface area (Å²) >= 11 is 5.05. The highest BCUT2D eigenvalue weighted by Gasteiger charge is 2.05. The van der Waals surface area contributed by atoms with E-state index in [4.69, 9.17) is 21.7 Å². The second-order valence-corrected chi connectivity index (χ2v) is 5.24. The highest BCUT2D eigenvalue weighted by atomic mass is 32.1. The van der Waals surface area contributed by atoms with Gasteiger partial charge in [-0.1, -0.05) is 25.8 Å². The molecular weight excluding hydrogens is 310 g/mol. The summed E-state index contributed by atoms with van der Waals surface area (Å²) in [7, 11) is 1.63. The summed E-state index contributed by atoms with van der Waals surface area (Å²) in [6.45, 7) is 7.07. The van der Waals surface area contributed by atoms with Gasteiger partial charge >= 0.3 is 0 Å². The topological polar surface area (TPSA) is 54.9 Å². The van der Waals surface area contributed by atoms with Crippen LogP contribution in [0.25, 0.3) is 0 Å². The van der Waals surface area contributed by atoms with Gasteiger partial charge in [-0.2, -0.15) is 5.10 Å². The van der Waals surface area contributed by atoms with E-state index >= 15 is 0 Å². The van der Waals surface area contributed by atoms with Crippen LogP contribution in [0.4, 0.5) is 0 Å². The molecule has 1 aromatic carbocycles. The average molecular weight is 335 g/mol. The van der Waals surface area contributed by atoms with Crippen molar-refractivity contribution in [2.24, 2.45) is 5.10 Å².